The molecule has 1 aliphatic rings. The predicted molar refractivity (Wildman–Crippen MR) is 216 cm³/mol. The maximum Gasteiger partial charge on any atom is 0.410 e. The summed E-state index contributed by atoms with van der Waals surface area (Å²) >= 11 is 2.46. The lowest BCUT2D eigenvalue weighted by Crippen LogP contribution is -2.39. The number of hydrogen-bond acceptors (Lipinski definition) is 11. The van der Waals surface area contributed by atoms with E-state index >= 15 is 0 Å². The van der Waals surface area contributed by atoms with Crippen LogP contribution in [0.2, 0.25) is 0 Å². The molecule has 0 fully saturated rings. The molecule has 4 aromatic rings. The van der Waals surface area contributed by atoms with Gasteiger partial charge in [-0.2, -0.15) is 0 Å². The predicted octanol–water partition coefficient (Wildman–Crippen LogP) is 7.38. The molecule has 0 saturated heterocycles. The minimum atomic E-state index is -0.656. The molecule has 0 unspecified atom stereocenters. The number of esters is 1. The molecule has 3 N–H and O–H groups in total. The molecule has 0 bridgehead atoms. The number of amides is 4. The van der Waals surface area contributed by atoms with Gasteiger partial charge in [0.1, 0.15) is 16.3 Å². The number of nitrogens with zero attached hydrogens (tertiary/aromatic N) is 1. The molecule has 2 heterocycles. The third-order valence-electron chi connectivity index (χ3n) is 8.16. The van der Waals surface area contributed by atoms with Crippen molar-refractivity contribution in [3.05, 3.63) is 106 Å². The zero-order valence-corrected chi connectivity index (χ0v) is 33.6. The molecule has 5 rings (SSSR count). The number of carbonyl (C=O) groups is 5. The summed E-state index contributed by atoms with van der Waals surface area (Å²) < 4.78 is 21.8. The summed E-state index contributed by atoms with van der Waals surface area (Å²) in [7, 11) is 2.98. The van der Waals surface area contributed by atoms with Crippen LogP contribution in [0, 0.1) is 0 Å². The number of methoxy groups -OCH3 is 2. The molecule has 0 atom stereocenters. The zero-order chi connectivity index (χ0) is 40.4. The van der Waals surface area contributed by atoms with E-state index in [2.05, 4.69) is 16.0 Å². The first-order valence-electron chi connectivity index (χ1n) is 17.7. The molecule has 4 amide bonds. The van der Waals surface area contributed by atoms with Crippen molar-refractivity contribution in [1.29, 1.82) is 0 Å². The molecule has 56 heavy (non-hydrogen) atoms. The van der Waals surface area contributed by atoms with Crippen molar-refractivity contribution in [1.82, 2.24) is 10.2 Å². The molecule has 0 saturated carbocycles. The van der Waals surface area contributed by atoms with Crippen LogP contribution in [0.4, 0.5) is 15.5 Å². The van der Waals surface area contributed by atoms with Crippen molar-refractivity contribution in [2.24, 2.45) is 0 Å². The fourth-order valence-corrected chi connectivity index (χ4v) is 7.71. The number of anilines is 2. The standard InChI is InChI=1S/C41H44N4O9S2/c1-7-53-39(49)34-29-19-20-45(40(50)54-41(2,3)4)23-32(29)56-38(34)44-33(46)24-55-28-17-12-16-27(22-28)42-37(48)30(43-36(47)25-13-9-8-10-14-25)21-26-15-11-18-31(51-5)35(26)52-6/h8-18,21-22H,7,19-20,23-24H2,1-6H3,(H,42,48)(H,43,47)(H,44,46)/b30-21+. The topological polar surface area (TPSA) is 162 Å². The Labute approximate surface area is 333 Å². The average Bonchev–Trinajstić information content (AvgIpc) is 3.53. The van der Waals surface area contributed by atoms with Crippen molar-refractivity contribution < 1.29 is 42.9 Å². The van der Waals surface area contributed by atoms with Gasteiger partial charge in [-0.05, 0) is 82.2 Å². The van der Waals surface area contributed by atoms with Crippen molar-refractivity contribution in [3.8, 4) is 11.5 Å². The van der Waals surface area contributed by atoms with Gasteiger partial charge in [0.15, 0.2) is 11.5 Å². The fourth-order valence-electron chi connectivity index (χ4n) is 5.69. The van der Waals surface area contributed by atoms with Crippen LogP contribution in [-0.2, 0) is 32.0 Å². The Morgan fingerprint density at radius 3 is 2.38 bits per heavy atom. The highest BCUT2D eigenvalue weighted by molar-refractivity contribution is 8.00. The number of thioether (sulfide) groups is 1. The zero-order valence-electron chi connectivity index (χ0n) is 32.0. The second-order valence-corrected chi connectivity index (χ2v) is 15.5. The van der Waals surface area contributed by atoms with E-state index in [-0.39, 0.29) is 30.5 Å². The summed E-state index contributed by atoms with van der Waals surface area (Å²) in [5, 5.41) is 8.80. The Balaban J connectivity index is 1.30. The van der Waals surface area contributed by atoms with Crippen molar-refractivity contribution in [2.75, 3.05) is 43.8 Å². The Morgan fingerprint density at radius 1 is 0.929 bits per heavy atom. The van der Waals surface area contributed by atoms with Crippen LogP contribution < -0.4 is 25.4 Å². The summed E-state index contributed by atoms with van der Waals surface area (Å²) in [4.78, 5) is 69.1. The molecule has 13 nitrogen and oxygen atoms in total. The quantitative estimate of drug-likeness (QED) is 0.0707. The van der Waals surface area contributed by atoms with Crippen LogP contribution in [0.3, 0.4) is 0 Å². The van der Waals surface area contributed by atoms with Crippen molar-refractivity contribution in [2.45, 2.75) is 51.2 Å². The third-order valence-corrected chi connectivity index (χ3v) is 10.3. The number of ether oxygens (including phenoxy) is 4. The van der Waals surface area contributed by atoms with Gasteiger partial charge in [-0.25, -0.2) is 9.59 Å². The molecule has 15 heteroatoms. The molecular formula is C41H44N4O9S2. The molecule has 3 aromatic carbocycles. The highest BCUT2D eigenvalue weighted by Crippen LogP contribution is 2.38. The number of rotatable bonds is 13. The van der Waals surface area contributed by atoms with Gasteiger partial charge in [-0.15, -0.1) is 23.1 Å². The Morgan fingerprint density at radius 2 is 1.68 bits per heavy atom. The van der Waals surface area contributed by atoms with Gasteiger partial charge in [0, 0.05) is 33.1 Å². The van der Waals surface area contributed by atoms with Crippen molar-refractivity contribution >= 4 is 69.6 Å². The van der Waals surface area contributed by atoms with E-state index < -0.39 is 29.5 Å². The van der Waals surface area contributed by atoms with Gasteiger partial charge >= 0.3 is 12.1 Å². The molecule has 294 valence electrons. The maximum atomic E-state index is 13.8. The number of nitrogens with one attached hydrogen (secondary N) is 3. The van der Waals surface area contributed by atoms with Gasteiger partial charge in [-0.3, -0.25) is 14.4 Å². The lowest BCUT2D eigenvalue weighted by atomic mass is 10.0. The summed E-state index contributed by atoms with van der Waals surface area (Å²) in [5.41, 5.74) is 1.62. The van der Waals surface area contributed by atoms with Gasteiger partial charge in [0.2, 0.25) is 5.91 Å². The molecule has 1 aliphatic heterocycles. The first-order valence-corrected chi connectivity index (χ1v) is 19.5. The molecular weight excluding hydrogens is 757 g/mol. The fraction of sp³-hybridized carbons (Fsp3) is 0.293. The van der Waals surface area contributed by atoms with Crippen LogP contribution in [-0.4, -0.2) is 73.4 Å². The van der Waals surface area contributed by atoms with E-state index in [0.717, 1.165) is 10.4 Å². The number of para-hydroxylation sites is 1. The first kappa shape index (κ1) is 41.4. The van der Waals surface area contributed by atoms with E-state index in [1.165, 1.54) is 43.4 Å². The van der Waals surface area contributed by atoms with E-state index in [1.54, 1.807) is 105 Å². The number of hydrogen-bond donors (Lipinski definition) is 3. The lowest BCUT2D eigenvalue weighted by molar-refractivity contribution is -0.114. The van der Waals surface area contributed by atoms with Gasteiger partial charge in [0.05, 0.1) is 38.7 Å². The van der Waals surface area contributed by atoms with Gasteiger partial charge in [0.25, 0.3) is 11.8 Å². The van der Waals surface area contributed by atoms with Gasteiger partial charge in [-0.1, -0.05) is 36.4 Å². The van der Waals surface area contributed by atoms with Crippen molar-refractivity contribution in [3.63, 3.8) is 0 Å². The van der Waals surface area contributed by atoms with Crippen LogP contribution in [0.15, 0.2) is 83.4 Å². The molecule has 0 spiro atoms. The number of carbonyl (C=O) groups excluding carboxylic acids is 5. The summed E-state index contributed by atoms with van der Waals surface area (Å²) in [6.07, 6.45) is 1.46. The summed E-state index contributed by atoms with van der Waals surface area (Å²) in [6.45, 7) is 7.86. The summed E-state index contributed by atoms with van der Waals surface area (Å²) in [6, 6.07) is 20.6. The van der Waals surface area contributed by atoms with Crippen LogP contribution in [0.1, 0.15) is 64.4 Å². The number of fused-ring (bicyclic) bond motifs is 1. The second-order valence-electron chi connectivity index (χ2n) is 13.4. The van der Waals surface area contributed by atoms with Crippen LogP contribution in [0.25, 0.3) is 6.08 Å². The second kappa shape index (κ2) is 18.7. The Bertz CT molecular complexity index is 2130. The van der Waals surface area contributed by atoms with Crippen LogP contribution in [0.5, 0.6) is 11.5 Å². The van der Waals surface area contributed by atoms with E-state index in [9.17, 15) is 24.0 Å². The minimum absolute atomic E-state index is 0.0137. The monoisotopic (exact) mass is 800 g/mol. The molecule has 0 aliphatic carbocycles. The third kappa shape index (κ3) is 10.7. The highest BCUT2D eigenvalue weighted by Gasteiger charge is 2.33. The SMILES string of the molecule is CCOC(=O)c1c(NC(=O)CSc2cccc(NC(=O)/C(=C\c3cccc(OC)c3OC)NC(=O)c3ccccc3)c2)sc2c1CCN(C(=O)OC(C)(C)C)C2. The van der Waals surface area contributed by atoms with E-state index in [1.807, 2.05) is 0 Å². The van der Waals surface area contributed by atoms with E-state index in [4.69, 9.17) is 18.9 Å². The average molecular weight is 801 g/mol. The molecule has 1 aromatic heterocycles. The Hall–Kier alpha value is -5.80. The number of benzene rings is 3. The maximum absolute atomic E-state index is 13.8. The van der Waals surface area contributed by atoms with Gasteiger partial charge < -0.3 is 39.8 Å². The summed E-state index contributed by atoms with van der Waals surface area (Å²) in [5.74, 6) is -1.17. The van der Waals surface area contributed by atoms with E-state index in [0.29, 0.717) is 56.7 Å². The minimum Gasteiger partial charge on any atom is -0.493 e. The lowest BCUT2D eigenvalue weighted by Gasteiger charge is -2.30. The normalized spacial score (nSPS) is 12.5. The highest BCUT2D eigenvalue weighted by atomic mass is 32.2. The number of thiophene rings is 1. The Kier molecular flexibility index (Phi) is 13.8. The first-order chi connectivity index (χ1) is 26.8. The van der Waals surface area contributed by atoms with Crippen LogP contribution >= 0.6 is 23.1 Å². The smallest absolute Gasteiger partial charge is 0.410 e. The molecule has 0 radical (unpaired) electrons. The largest absolute Gasteiger partial charge is 0.493 e.